The second kappa shape index (κ2) is 9.32. The molecule has 0 amide bonds. The van der Waals surface area contributed by atoms with Gasteiger partial charge in [0.2, 0.25) is 0 Å². The molecule has 0 N–H and O–H groups in total. The average molecular weight is 525 g/mol. The van der Waals surface area contributed by atoms with Gasteiger partial charge in [0.25, 0.3) is 0 Å². The Hall–Kier alpha value is -3.51. The topological polar surface area (TPSA) is 29.0 Å². The molecule has 5 aromatic rings. The van der Waals surface area contributed by atoms with Gasteiger partial charge in [0, 0.05) is 44.2 Å². The molecule has 0 bridgehead atoms. The zero-order valence-corrected chi connectivity index (χ0v) is 19.4. The summed E-state index contributed by atoms with van der Waals surface area (Å²) in [6.45, 7) is 0. The van der Waals surface area contributed by atoms with Gasteiger partial charge >= 0.3 is 0 Å². The van der Waals surface area contributed by atoms with E-state index in [9.17, 15) is 0 Å². The van der Waals surface area contributed by atoms with Gasteiger partial charge in [-0.05, 0) is 95.4 Å². The van der Waals surface area contributed by atoms with E-state index < -0.39 is 0 Å². The van der Waals surface area contributed by atoms with Gasteiger partial charge in [0.1, 0.15) is 0 Å². The van der Waals surface area contributed by atoms with E-state index in [2.05, 4.69) is 110 Å². The van der Waals surface area contributed by atoms with Gasteiger partial charge in [-0.25, -0.2) is 0 Å². The third-order valence-corrected chi connectivity index (χ3v) is 5.93. The first-order valence-corrected chi connectivity index (χ1v) is 11.4. The lowest BCUT2D eigenvalue weighted by Gasteiger charge is -2.26. The number of benzene rings is 3. The van der Waals surface area contributed by atoms with Crippen LogP contribution in [0, 0.1) is 3.57 Å². The Labute approximate surface area is 201 Å². The fourth-order valence-electron chi connectivity index (χ4n) is 3.71. The summed E-state index contributed by atoms with van der Waals surface area (Å²) in [7, 11) is 0. The van der Waals surface area contributed by atoms with Crippen molar-refractivity contribution in [2.75, 3.05) is 4.90 Å². The summed E-state index contributed by atoms with van der Waals surface area (Å²) in [6, 6.07) is 37.6. The molecule has 0 saturated carbocycles. The van der Waals surface area contributed by atoms with Crippen LogP contribution < -0.4 is 4.90 Å². The molecule has 0 atom stereocenters. The molecule has 5 rings (SSSR count). The average Bonchev–Trinajstić information content (AvgIpc) is 2.87. The minimum Gasteiger partial charge on any atom is -0.310 e. The molecule has 4 heteroatoms. The standard InChI is InChI=1S/C28H20IN3/c29-23-13-15-24(16-14-23)32(25-9-5-7-21(19-25)27-11-1-3-17-30-27)26-10-6-8-22(20-26)28-12-2-4-18-31-28/h1-20H. The maximum absolute atomic E-state index is 4.53. The highest BCUT2D eigenvalue weighted by molar-refractivity contribution is 14.1. The minimum absolute atomic E-state index is 0.958. The van der Waals surface area contributed by atoms with E-state index in [1.807, 2.05) is 48.8 Å². The Morgan fingerprint density at radius 1 is 0.500 bits per heavy atom. The summed E-state index contributed by atoms with van der Waals surface area (Å²) in [6.07, 6.45) is 3.66. The molecular weight excluding hydrogens is 505 g/mol. The second-order valence-corrected chi connectivity index (χ2v) is 8.59. The maximum Gasteiger partial charge on any atom is 0.0702 e. The number of anilines is 3. The van der Waals surface area contributed by atoms with Crippen molar-refractivity contribution in [2.24, 2.45) is 0 Å². The zero-order valence-electron chi connectivity index (χ0n) is 17.3. The number of halogens is 1. The number of pyridine rings is 2. The molecule has 0 spiro atoms. The van der Waals surface area contributed by atoms with Crippen molar-refractivity contribution in [3.05, 3.63) is 125 Å². The Morgan fingerprint density at radius 2 is 1.03 bits per heavy atom. The monoisotopic (exact) mass is 525 g/mol. The van der Waals surface area contributed by atoms with Crippen LogP contribution in [-0.4, -0.2) is 9.97 Å². The second-order valence-electron chi connectivity index (χ2n) is 7.34. The summed E-state index contributed by atoms with van der Waals surface area (Å²) in [5, 5.41) is 0. The summed E-state index contributed by atoms with van der Waals surface area (Å²) in [4.78, 5) is 11.3. The van der Waals surface area contributed by atoms with E-state index in [1.165, 1.54) is 3.57 Å². The lowest BCUT2D eigenvalue weighted by atomic mass is 10.1. The number of rotatable bonds is 5. The van der Waals surface area contributed by atoms with Crippen molar-refractivity contribution in [3.63, 3.8) is 0 Å². The number of hydrogen-bond donors (Lipinski definition) is 0. The van der Waals surface area contributed by atoms with Crippen LogP contribution in [0.5, 0.6) is 0 Å². The Bertz CT molecular complexity index is 1240. The van der Waals surface area contributed by atoms with Crippen LogP contribution in [-0.2, 0) is 0 Å². The molecule has 0 aliphatic rings. The molecule has 32 heavy (non-hydrogen) atoms. The molecule has 0 radical (unpaired) electrons. The number of hydrogen-bond acceptors (Lipinski definition) is 3. The van der Waals surface area contributed by atoms with E-state index in [1.54, 1.807) is 0 Å². The van der Waals surface area contributed by atoms with Crippen LogP contribution in [0.1, 0.15) is 0 Å². The lowest BCUT2D eigenvalue weighted by molar-refractivity contribution is 1.27. The van der Waals surface area contributed by atoms with E-state index in [-0.39, 0.29) is 0 Å². The van der Waals surface area contributed by atoms with Crippen LogP contribution in [0.2, 0.25) is 0 Å². The van der Waals surface area contributed by atoms with E-state index in [0.29, 0.717) is 0 Å². The SMILES string of the molecule is Ic1ccc(N(c2cccc(-c3ccccn3)c2)c2cccc(-c3ccccn3)c2)cc1. The van der Waals surface area contributed by atoms with Gasteiger partial charge in [-0.15, -0.1) is 0 Å². The molecule has 0 aliphatic carbocycles. The van der Waals surface area contributed by atoms with Crippen LogP contribution in [0.25, 0.3) is 22.5 Å². The predicted molar refractivity (Wildman–Crippen MR) is 140 cm³/mol. The third kappa shape index (κ3) is 4.41. The van der Waals surface area contributed by atoms with Crippen molar-refractivity contribution < 1.29 is 0 Å². The molecule has 154 valence electrons. The molecule has 0 fully saturated rings. The largest absolute Gasteiger partial charge is 0.310 e. The fourth-order valence-corrected chi connectivity index (χ4v) is 4.07. The highest BCUT2D eigenvalue weighted by atomic mass is 127. The fraction of sp³-hybridized carbons (Fsp3) is 0. The van der Waals surface area contributed by atoms with E-state index in [0.717, 1.165) is 39.6 Å². The van der Waals surface area contributed by atoms with E-state index >= 15 is 0 Å². The first kappa shape index (κ1) is 20.4. The Balaban J connectivity index is 1.64. The van der Waals surface area contributed by atoms with Crippen molar-refractivity contribution >= 4 is 39.7 Å². The van der Waals surface area contributed by atoms with Gasteiger partial charge in [0.15, 0.2) is 0 Å². The van der Waals surface area contributed by atoms with Crippen molar-refractivity contribution in [1.29, 1.82) is 0 Å². The van der Waals surface area contributed by atoms with Crippen molar-refractivity contribution in [3.8, 4) is 22.5 Å². The van der Waals surface area contributed by atoms with Crippen LogP contribution >= 0.6 is 22.6 Å². The summed E-state index contributed by atoms with van der Waals surface area (Å²) in [5.41, 5.74) is 7.33. The van der Waals surface area contributed by atoms with Gasteiger partial charge < -0.3 is 4.90 Å². The van der Waals surface area contributed by atoms with Gasteiger partial charge in [-0.1, -0.05) is 36.4 Å². The highest BCUT2D eigenvalue weighted by Crippen LogP contribution is 2.37. The van der Waals surface area contributed by atoms with Crippen molar-refractivity contribution in [2.45, 2.75) is 0 Å². The summed E-state index contributed by atoms with van der Waals surface area (Å²) in [5.74, 6) is 0. The molecule has 2 aromatic heterocycles. The maximum atomic E-state index is 4.53. The normalized spacial score (nSPS) is 10.7. The van der Waals surface area contributed by atoms with Crippen LogP contribution in [0.4, 0.5) is 17.1 Å². The molecule has 0 unspecified atom stereocenters. The molecule has 0 saturated heterocycles. The molecule has 3 nitrogen and oxygen atoms in total. The third-order valence-electron chi connectivity index (χ3n) is 5.21. The van der Waals surface area contributed by atoms with E-state index in [4.69, 9.17) is 0 Å². The first-order chi connectivity index (χ1) is 15.8. The number of aromatic nitrogens is 2. The van der Waals surface area contributed by atoms with Crippen molar-refractivity contribution in [1.82, 2.24) is 9.97 Å². The summed E-state index contributed by atoms with van der Waals surface area (Å²) >= 11 is 2.34. The Kier molecular flexibility index (Phi) is 5.94. The van der Waals surface area contributed by atoms with Crippen LogP contribution in [0.3, 0.4) is 0 Å². The molecule has 2 heterocycles. The quantitative estimate of drug-likeness (QED) is 0.219. The van der Waals surface area contributed by atoms with Gasteiger partial charge in [-0.2, -0.15) is 0 Å². The lowest BCUT2D eigenvalue weighted by Crippen LogP contribution is -2.10. The number of nitrogens with zero attached hydrogens (tertiary/aromatic N) is 3. The molecule has 3 aromatic carbocycles. The highest BCUT2D eigenvalue weighted by Gasteiger charge is 2.14. The Morgan fingerprint density at radius 3 is 1.50 bits per heavy atom. The first-order valence-electron chi connectivity index (χ1n) is 10.4. The smallest absolute Gasteiger partial charge is 0.0702 e. The van der Waals surface area contributed by atoms with Gasteiger partial charge in [-0.3, -0.25) is 9.97 Å². The molecule has 0 aliphatic heterocycles. The van der Waals surface area contributed by atoms with Gasteiger partial charge in [0.05, 0.1) is 11.4 Å². The minimum atomic E-state index is 0.958. The van der Waals surface area contributed by atoms with Crippen LogP contribution in [0.15, 0.2) is 122 Å². The summed E-state index contributed by atoms with van der Waals surface area (Å²) < 4.78 is 1.20. The molecular formula is C28H20IN3. The predicted octanol–water partition coefficient (Wildman–Crippen LogP) is 7.89. The zero-order chi connectivity index (χ0) is 21.8.